The maximum atomic E-state index is 11.5. The van der Waals surface area contributed by atoms with E-state index in [1.807, 2.05) is 26.0 Å². The smallest absolute Gasteiger partial charge is 0.221 e. The third-order valence-corrected chi connectivity index (χ3v) is 2.61. The van der Waals surface area contributed by atoms with Crippen LogP contribution < -0.4 is 21.1 Å². The van der Waals surface area contributed by atoms with E-state index in [4.69, 9.17) is 15.2 Å². The molecule has 0 heterocycles. The van der Waals surface area contributed by atoms with E-state index in [1.54, 1.807) is 13.2 Å². The summed E-state index contributed by atoms with van der Waals surface area (Å²) < 4.78 is 10.5. The van der Waals surface area contributed by atoms with Gasteiger partial charge < -0.3 is 25.8 Å². The molecular weight excluding hydrogens is 270 g/mol. The van der Waals surface area contributed by atoms with E-state index in [9.17, 15) is 4.79 Å². The fraction of sp³-hybridized carbons (Fsp3) is 0.533. The Balaban J connectivity index is 2.40. The van der Waals surface area contributed by atoms with Gasteiger partial charge in [0.2, 0.25) is 5.91 Å². The van der Waals surface area contributed by atoms with Gasteiger partial charge in [-0.3, -0.25) is 4.79 Å². The lowest BCUT2D eigenvalue weighted by Gasteiger charge is -2.13. The fourth-order valence-corrected chi connectivity index (χ4v) is 1.77. The number of amides is 1. The van der Waals surface area contributed by atoms with E-state index in [-0.39, 0.29) is 12.0 Å². The number of anilines is 2. The molecule has 6 nitrogen and oxygen atoms in total. The number of carbonyl (C=O) groups is 1. The lowest BCUT2D eigenvalue weighted by molar-refractivity contribution is -0.121. The molecule has 0 saturated heterocycles. The Kier molecular flexibility index (Phi) is 7.39. The number of benzene rings is 1. The van der Waals surface area contributed by atoms with Crippen molar-refractivity contribution in [3.63, 3.8) is 0 Å². The number of rotatable bonds is 9. The van der Waals surface area contributed by atoms with E-state index in [2.05, 4.69) is 10.6 Å². The van der Waals surface area contributed by atoms with Gasteiger partial charge in [-0.25, -0.2) is 0 Å². The largest absolute Gasteiger partial charge is 0.491 e. The predicted octanol–water partition coefficient (Wildman–Crippen LogP) is 1.62. The standard InChI is InChI=1S/C15H25N3O3/c1-11(2)21-14-9-12(16)8-13(10-14)17-5-4-15(19)18-6-7-20-3/h8-11,17H,4-7,16H2,1-3H3,(H,18,19). The van der Waals surface area contributed by atoms with Crippen LogP contribution in [-0.4, -0.2) is 38.8 Å². The van der Waals surface area contributed by atoms with Crippen molar-refractivity contribution in [2.75, 3.05) is 37.9 Å². The number of hydrogen-bond donors (Lipinski definition) is 3. The lowest BCUT2D eigenvalue weighted by atomic mass is 10.2. The van der Waals surface area contributed by atoms with Crippen LogP contribution in [0.5, 0.6) is 5.75 Å². The zero-order valence-corrected chi connectivity index (χ0v) is 12.9. The van der Waals surface area contributed by atoms with Gasteiger partial charge >= 0.3 is 0 Å². The van der Waals surface area contributed by atoms with Crippen LogP contribution in [-0.2, 0) is 9.53 Å². The van der Waals surface area contributed by atoms with Gasteiger partial charge in [-0.15, -0.1) is 0 Å². The monoisotopic (exact) mass is 295 g/mol. The topological polar surface area (TPSA) is 85.6 Å². The lowest BCUT2D eigenvalue weighted by Crippen LogP contribution is -2.28. The Bertz CT molecular complexity index is 450. The van der Waals surface area contributed by atoms with Crippen LogP contribution in [0.2, 0.25) is 0 Å². The van der Waals surface area contributed by atoms with Crippen LogP contribution in [0.1, 0.15) is 20.3 Å². The molecule has 0 saturated carbocycles. The average Bonchev–Trinajstić information content (AvgIpc) is 2.37. The zero-order valence-electron chi connectivity index (χ0n) is 12.9. The van der Waals surface area contributed by atoms with Gasteiger partial charge in [0.15, 0.2) is 0 Å². The third-order valence-electron chi connectivity index (χ3n) is 2.61. The minimum absolute atomic E-state index is 0.0119. The molecule has 4 N–H and O–H groups in total. The van der Waals surface area contributed by atoms with Crippen LogP contribution in [0, 0.1) is 0 Å². The molecule has 0 bridgehead atoms. The minimum Gasteiger partial charge on any atom is -0.491 e. The first-order valence-corrected chi connectivity index (χ1v) is 7.08. The molecule has 6 heteroatoms. The first-order valence-electron chi connectivity index (χ1n) is 7.08. The quantitative estimate of drug-likeness (QED) is 0.476. The highest BCUT2D eigenvalue weighted by Gasteiger charge is 2.04. The normalized spacial score (nSPS) is 10.5. The Morgan fingerprint density at radius 2 is 2.05 bits per heavy atom. The second-order valence-electron chi connectivity index (χ2n) is 4.98. The third kappa shape index (κ3) is 7.41. The summed E-state index contributed by atoms with van der Waals surface area (Å²) in [5, 5.41) is 5.93. The van der Waals surface area contributed by atoms with Gasteiger partial charge in [-0.2, -0.15) is 0 Å². The average molecular weight is 295 g/mol. The number of nitrogen functional groups attached to an aromatic ring is 1. The molecule has 0 atom stereocenters. The highest BCUT2D eigenvalue weighted by molar-refractivity contribution is 5.76. The molecule has 0 aliphatic rings. The van der Waals surface area contributed by atoms with E-state index < -0.39 is 0 Å². The molecule has 0 aliphatic heterocycles. The molecule has 0 spiro atoms. The van der Waals surface area contributed by atoms with Crippen molar-refractivity contribution in [2.45, 2.75) is 26.4 Å². The van der Waals surface area contributed by atoms with Crippen molar-refractivity contribution in [1.29, 1.82) is 0 Å². The number of hydrogen-bond acceptors (Lipinski definition) is 5. The molecule has 0 aliphatic carbocycles. The van der Waals surface area contributed by atoms with E-state index in [0.717, 1.165) is 11.4 Å². The van der Waals surface area contributed by atoms with E-state index in [1.165, 1.54) is 0 Å². The predicted molar refractivity (Wildman–Crippen MR) is 84.6 cm³/mol. The van der Waals surface area contributed by atoms with Gasteiger partial charge in [0, 0.05) is 50.1 Å². The molecule has 1 aromatic carbocycles. The number of ether oxygens (including phenoxy) is 2. The van der Waals surface area contributed by atoms with Gasteiger partial charge in [-0.1, -0.05) is 0 Å². The summed E-state index contributed by atoms with van der Waals surface area (Å²) in [6.45, 7) is 5.50. The Morgan fingerprint density at radius 3 is 2.71 bits per heavy atom. The van der Waals surface area contributed by atoms with Crippen LogP contribution in [0.3, 0.4) is 0 Å². The van der Waals surface area contributed by atoms with Crippen molar-refractivity contribution >= 4 is 17.3 Å². The maximum absolute atomic E-state index is 11.5. The van der Waals surface area contributed by atoms with Crippen LogP contribution in [0.4, 0.5) is 11.4 Å². The van der Waals surface area contributed by atoms with Crippen molar-refractivity contribution in [2.24, 2.45) is 0 Å². The summed E-state index contributed by atoms with van der Waals surface area (Å²) in [5.41, 5.74) is 7.30. The Hall–Kier alpha value is -1.95. The summed E-state index contributed by atoms with van der Waals surface area (Å²) >= 11 is 0. The molecule has 1 amide bonds. The SMILES string of the molecule is COCCNC(=O)CCNc1cc(N)cc(OC(C)C)c1. The van der Waals surface area contributed by atoms with E-state index in [0.29, 0.717) is 31.8 Å². The van der Waals surface area contributed by atoms with Crippen molar-refractivity contribution < 1.29 is 14.3 Å². The fourth-order valence-electron chi connectivity index (χ4n) is 1.77. The number of carbonyl (C=O) groups excluding carboxylic acids is 1. The Morgan fingerprint density at radius 1 is 1.29 bits per heavy atom. The second-order valence-corrected chi connectivity index (χ2v) is 4.98. The van der Waals surface area contributed by atoms with Crippen molar-refractivity contribution in [1.82, 2.24) is 5.32 Å². The van der Waals surface area contributed by atoms with Crippen LogP contribution in [0.25, 0.3) is 0 Å². The Labute approximate surface area is 126 Å². The molecule has 0 unspecified atom stereocenters. The van der Waals surface area contributed by atoms with Crippen molar-refractivity contribution in [3.05, 3.63) is 18.2 Å². The summed E-state index contributed by atoms with van der Waals surface area (Å²) in [6, 6.07) is 5.47. The summed E-state index contributed by atoms with van der Waals surface area (Å²) in [5.74, 6) is 0.708. The molecule has 21 heavy (non-hydrogen) atoms. The molecule has 0 aromatic heterocycles. The van der Waals surface area contributed by atoms with Crippen LogP contribution >= 0.6 is 0 Å². The molecule has 1 aromatic rings. The second kappa shape index (κ2) is 9.07. The number of methoxy groups -OCH3 is 1. The molecule has 0 fully saturated rings. The zero-order chi connectivity index (χ0) is 15.7. The van der Waals surface area contributed by atoms with Gasteiger partial charge in [-0.05, 0) is 19.9 Å². The maximum Gasteiger partial charge on any atom is 0.221 e. The van der Waals surface area contributed by atoms with Gasteiger partial charge in [0.25, 0.3) is 0 Å². The summed E-state index contributed by atoms with van der Waals surface area (Å²) in [4.78, 5) is 11.5. The summed E-state index contributed by atoms with van der Waals surface area (Å²) in [7, 11) is 1.60. The molecule has 0 radical (unpaired) electrons. The van der Waals surface area contributed by atoms with Crippen molar-refractivity contribution in [3.8, 4) is 5.75 Å². The van der Waals surface area contributed by atoms with Gasteiger partial charge in [0.1, 0.15) is 5.75 Å². The number of nitrogens with one attached hydrogen (secondary N) is 2. The molecule has 1 rings (SSSR count). The first kappa shape index (κ1) is 17.1. The highest BCUT2D eigenvalue weighted by Crippen LogP contribution is 2.23. The first-order chi connectivity index (χ1) is 10.0. The molecule has 118 valence electrons. The van der Waals surface area contributed by atoms with Gasteiger partial charge in [0.05, 0.1) is 12.7 Å². The van der Waals surface area contributed by atoms with E-state index >= 15 is 0 Å². The number of nitrogens with two attached hydrogens (primary N) is 1. The summed E-state index contributed by atoms with van der Waals surface area (Å²) in [6.07, 6.45) is 0.477. The highest BCUT2D eigenvalue weighted by atomic mass is 16.5. The van der Waals surface area contributed by atoms with Crippen LogP contribution in [0.15, 0.2) is 18.2 Å². The minimum atomic E-state index is -0.0119. The molecular formula is C15H25N3O3.